The molecule has 0 aliphatic carbocycles. The maximum atomic E-state index is 11.5. The van der Waals surface area contributed by atoms with E-state index in [1.54, 1.807) is 0 Å². The molecule has 0 aromatic rings. The molecule has 0 amide bonds. The van der Waals surface area contributed by atoms with Gasteiger partial charge in [0.15, 0.2) is 0 Å². The fourth-order valence-corrected chi connectivity index (χ4v) is 2.19. The zero-order chi connectivity index (χ0) is 15.1. The van der Waals surface area contributed by atoms with Crippen LogP contribution < -0.4 is 0 Å². The number of carbonyl (C=O) groups is 1. The summed E-state index contributed by atoms with van der Waals surface area (Å²) in [6, 6.07) is 0. The van der Waals surface area contributed by atoms with E-state index >= 15 is 0 Å². The molecule has 0 bridgehead atoms. The summed E-state index contributed by atoms with van der Waals surface area (Å²) in [7, 11) is 4.16. The van der Waals surface area contributed by atoms with E-state index in [9.17, 15) is 4.79 Å². The predicted octanol–water partition coefficient (Wildman–Crippen LogP) is 4.40. The van der Waals surface area contributed by atoms with Crippen molar-refractivity contribution in [3.8, 4) is 0 Å². The predicted molar refractivity (Wildman–Crippen MR) is 86.0 cm³/mol. The Morgan fingerprint density at radius 1 is 0.850 bits per heavy atom. The van der Waals surface area contributed by atoms with Crippen molar-refractivity contribution < 1.29 is 9.53 Å². The topological polar surface area (TPSA) is 29.5 Å². The number of esters is 1. The highest BCUT2D eigenvalue weighted by Crippen LogP contribution is 2.07. The first-order chi connectivity index (χ1) is 9.66. The van der Waals surface area contributed by atoms with Crippen molar-refractivity contribution in [2.75, 3.05) is 27.2 Å². The largest absolute Gasteiger partial charge is 0.466 e. The van der Waals surface area contributed by atoms with Crippen molar-refractivity contribution in [1.29, 1.82) is 0 Å². The molecule has 3 nitrogen and oxygen atoms in total. The van der Waals surface area contributed by atoms with E-state index in [4.69, 9.17) is 4.74 Å². The Morgan fingerprint density at radius 3 is 2.10 bits per heavy atom. The molecule has 0 rings (SSSR count). The smallest absolute Gasteiger partial charge is 0.305 e. The van der Waals surface area contributed by atoms with Crippen LogP contribution in [-0.2, 0) is 9.53 Å². The quantitative estimate of drug-likeness (QED) is 0.350. The van der Waals surface area contributed by atoms with Crippen molar-refractivity contribution in [3.63, 3.8) is 0 Å². The second kappa shape index (κ2) is 14.8. The molecule has 120 valence electrons. The Labute approximate surface area is 126 Å². The van der Waals surface area contributed by atoms with Crippen LogP contribution in [0.5, 0.6) is 0 Å². The summed E-state index contributed by atoms with van der Waals surface area (Å²) < 4.78 is 5.25. The number of carbonyl (C=O) groups excluding carboxylic acids is 1. The minimum absolute atomic E-state index is 0.0131. The fraction of sp³-hybridized carbons (Fsp3) is 0.941. The lowest BCUT2D eigenvalue weighted by molar-refractivity contribution is -0.143. The van der Waals surface area contributed by atoms with Crippen molar-refractivity contribution in [2.24, 2.45) is 0 Å². The molecular weight excluding hydrogens is 250 g/mol. The van der Waals surface area contributed by atoms with Gasteiger partial charge in [0.25, 0.3) is 0 Å². The van der Waals surface area contributed by atoms with E-state index in [2.05, 4.69) is 25.9 Å². The highest BCUT2D eigenvalue weighted by atomic mass is 16.5. The van der Waals surface area contributed by atoms with Crippen LogP contribution in [0.15, 0.2) is 0 Å². The van der Waals surface area contributed by atoms with Crippen LogP contribution >= 0.6 is 0 Å². The van der Waals surface area contributed by atoms with E-state index < -0.39 is 0 Å². The number of ether oxygens (including phenoxy) is 1. The molecule has 0 atom stereocenters. The number of unbranched alkanes of at least 4 members (excludes halogenated alkanes) is 8. The van der Waals surface area contributed by atoms with Gasteiger partial charge in [0.2, 0.25) is 0 Å². The first kappa shape index (κ1) is 19.4. The van der Waals surface area contributed by atoms with E-state index in [0.717, 1.165) is 32.2 Å². The standard InChI is InChI=1S/C17H35NO2/c1-4-5-6-7-8-9-13-16-20-17(19)14-11-10-12-15-18(2)3/h4-16H2,1-3H3. The summed E-state index contributed by atoms with van der Waals surface area (Å²) in [4.78, 5) is 13.7. The molecule has 0 aliphatic heterocycles. The maximum Gasteiger partial charge on any atom is 0.305 e. The zero-order valence-electron chi connectivity index (χ0n) is 14.0. The third-order valence-corrected chi connectivity index (χ3v) is 3.50. The van der Waals surface area contributed by atoms with Crippen molar-refractivity contribution in [2.45, 2.75) is 77.6 Å². The number of hydrogen-bond acceptors (Lipinski definition) is 3. The zero-order valence-corrected chi connectivity index (χ0v) is 14.0. The van der Waals surface area contributed by atoms with Gasteiger partial charge in [0, 0.05) is 6.42 Å². The summed E-state index contributed by atoms with van der Waals surface area (Å²) in [6.45, 7) is 3.96. The van der Waals surface area contributed by atoms with E-state index in [1.807, 2.05) is 0 Å². The minimum Gasteiger partial charge on any atom is -0.466 e. The second-order valence-electron chi connectivity index (χ2n) is 5.96. The molecule has 0 aromatic carbocycles. The van der Waals surface area contributed by atoms with Crippen LogP contribution in [0.2, 0.25) is 0 Å². The van der Waals surface area contributed by atoms with Crippen molar-refractivity contribution >= 4 is 5.97 Å². The molecule has 0 heterocycles. The van der Waals surface area contributed by atoms with Crippen LogP contribution in [0.1, 0.15) is 77.6 Å². The molecule has 0 N–H and O–H groups in total. The summed E-state index contributed by atoms with van der Waals surface area (Å²) >= 11 is 0. The first-order valence-corrected chi connectivity index (χ1v) is 8.47. The molecule has 0 saturated heterocycles. The molecule has 0 aromatic heterocycles. The van der Waals surface area contributed by atoms with Crippen LogP contribution in [-0.4, -0.2) is 38.1 Å². The highest BCUT2D eigenvalue weighted by Gasteiger charge is 2.02. The van der Waals surface area contributed by atoms with Gasteiger partial charge in [-0.3, -0.25) is 4.79 Å². The second-order valence-corrected chi connectivity index (χ2v) is 5.96. The molecule has 0 radical (unpaired) electrons. The Morgan fingerprint density at radius 2 is 1.45 bits per heavy atom. The molecule has 20 heavy (non-hydrogen) atoms. The van der Waals surface area contributed by atoms with Gasteiger partial charge in [-0.15, -0.1) is 0 Å². The average molecular weight is 285 g/mol. The van der Waals surface area contributed by atoms with Gasteiger partial charge < -0.3 is 9.64 Å². The number of hydrogen-bond donors (Lipinski definition) is 0. The van der Waals surface area contributed by atoms with Gasteiger partial charge in [0.05, 0.1) is 6.61 Å². The third-order valence-electron chi connectivity index (χ3n) is 3.50. The van der Waals surface area contributed by atoms with Crippen LogP contribution in [0, 0.1) is 0 Å². The SMILES string of the molecule is CCCCCCCCCOC(=O)CCCCCN(C)C. The molecule has 0 unspecified atom stereocenters. The Hall–Kier alpha value is -0.570. The number of rotatable bonds is 14. The monoisotopic (exact) mass is 285 g/mol. The van der Waals surface area contributed by atoms with E-state index in [0.29, 0.717) is 13.0 Å². The van der Waals surface area contributed by atoms with Gasteiger partial charge in [-0.2, -0.15) is 0 Å². The van der Waals surface area contributed by atoms with E-state index in [-0.39, 0.29) is 5.97 Å². The Kier molecular flexibility index (Phi) is 14.4. The minimum atomic E-state index is -0.0131. The Bertz CT molecular complexity index is 217. The summed E-state index contributed by atoms with van der Waals surface area (Å²) in [5, 5.41) is 0. The van der Waals surface area contributed by atoms with Gasteiger partial charge in [-0.05, 0) is 39.9 Å². The molecule has 0 aliphatic rings. The summed E-state index contributed by atoms with van der Waals surface area (Å²) in [5.41, 5.74) is 0. The first-order valence-electron chi connectivity index (χ1n) is 8.47. The van der Waals surface area contributed by atoms with Crippen LogP contribution in [0.4, 0.5) is 0 Å². The number of nitrogens with zero attached hydrogens (tertiary/aromatic N) is 1. The molecule has 0 saturated carbocycles. The van der Waals surface area contributed by atoms with Crippen molar-refractivity contribution in [1.82, 2.24) is 4.90 Å². The average Bonchev–Trinajstić information content (AvgIpc) is 2.41. The molecular formula is C17H35NO2. The Balaban J connectivity index is 3.16. The maximum absolute atomic E-state index is 11.5. The molecule has 0 spiro atoms. The summed E-state index contributed by atoms with van der Waals surface area (Å²) in [5.74, 6) is -0.0131. The third kappa shape index (κ3) is 15.5. The molecule has 3 heteroatoms. The highest BCUT2D eigenvalue weighted by molar-refractivity contribution is 5.69. The molecule has 0 fully saturated rings. The van der Waals surface area contributed by atoms with Gasteiger partial charge in [0.1, 0.15) is 0 Å². The van der Waals surface area contributed by atoms with Crippen LogP contribution in [0.25, 0.3) is 0 Å². The summed E-state index contributed by atoms with van der Waals surface area (Å²) in [6.07, 6.45) is 12.7. The lowest BCUT2D eigenvalue weighted by Crippen LogP contribution is -2.13. The van der Waals surface area contributed by atoms with E-state index in [1.165, 1.54) is 38.5 Å². The van der Waals surface area contributed by atoms with Crippen molar-refractivity contribution in [3.05, 3.63) is 0 Å². The van der Waals surface area contributed by atoms with Gasteiger partial charge in [-0.25, -0.2) is 0 Å². The lowest BCUT2D eigenvalue weighted by Gasteiger charge is -2.08. The fourth-order valence-electron chi connectivity index (χ4n) is 2.19. The van der Waals surface area contributed by atoms with Gasteiger partial charge in [-0.1, -0.05) is 51.9 Å². The van der Waals surface area contributed by atoms with Crippen LogP contribution in [0.3, 0.4) is 0 Å². The lowest BCUT2D eigenvalue weighted by atomic mass is 10.1. The van der Waals surface area contributed by atoms with Gasteiger partial charge >= 0.3 is 5.97 Å². The normalized spacial score (nSPS) is 11.0.